The quantitative estimate of drug-likeness (QED) is 0.607. The third kappa shape index (κ3) is 4.43. The van der Waals surface area contributed by atoms with Gasteiger partial charge >= 0.3 is 0 Å². The monoisotopic (exact) mass is 397 g/mol. The van der Waals surface area contributed by atoms with Crippen molar-refractivity contribution in [3.8, 4) is 34.3 Å². The molecule has 0 saturated carbocycles. The van der Waals surface area contributed by atoms with E-state index in [4.69, 9.17) is 18.9 Å². The van der Waals surface area contributed by atoms with E-state index in [1.807, 2.05) is 24.3 Å². The fourth-order valence-corrected chi connectivity index (χ4v) is 2.88. The lowest BCUT2D eigenvalue weighted by molar-refractivity contribution is 0.0946. The van der Waals surface area contributed by atoms with Crippen molar-refractivity contribution in [1.82, 2.24) is 15.5 Å². The Bertz CT molecular complexity index is 974. The van der Waals surface area contributed by atoms with E-state index >= 15 is 0 Å². The predicted molar refractivity (Wildman–Crippen MR) is 108 cm³/mol. The molecule has 0 unspecified atom stereocenters. The molecule has 2 aromatic carbocycles. The van der Waals surface area contributed by atoms with E-state index in [0.29, 0.717) is 28.6 Å². The van der Waals surface area contributed by atoms with Crippen molar-refractivity contribution in [2.45, 2.75) is 6.54 Å². The first-order valence-corrected chi connectivity index (χ1v) is 8.86. The highest BCUT2D eigenvalue weighted by atomic mass is 16.5. The number of H-pyrrole nitrogens is 1. The summed E-state index contributed by atoms with van der Waals surface area (Å²) in [5, 5.41) is 9.84. The number of amides is 1. The van der Waals surface area contributed by atoms with E-state index in [1.54, 1.807) is 46.6 Å². The highest BCUT2D eigenvalue weighted by Crippen LogP contribution is 2.38. The first-order chi connectivity index (χ1) is 14.1. The number of carbonyl (C=O) groups is 1. The van der Waals surface area contributed by atoms with Crippen LogP contribution in [-0.2, 0) is 6.54 Å². The van der Waals surface area contributed by atoms with Crippen LogP contribution in [0.1, 0.15) is 16.1 Å². The van der Waals surface area contributed by atoms with E-state index in [9.17, 15) is 4.79 Å². The van der Waals surface area contributed by atoms with Crippen LogP contribution in [0.2, 0.25) is 0 Å². The maximum absolute atomic E-state index is 12.5. The standard InChI is InChI=1S/C21H23N3O5/c1-26-15-7-5-6-14(10-15)16-11-17(24-23-16)21(25)22-12-13-8-18(27-2)20(29-4)19(9-13)28-3/h5-11H,12H2,1-4H3,(H,22,25)(H,23,24). The van der Waals surface area contributed by atoms with Crippen molar-refractivity contribution >= 4 is 5.91 Å². The number of hydrogen-bond acceptors (Lipinski definition) is 6. The van der Waals surface area contributed by atoms with Crippen LogP contribution in [-0.4, -0.2) is 44.5 Å². The Labute approximate surface area is 168 Å². The summed E-state index contributed by atoms with van der Waals surface area (Å²) in [4.78, 5) is 12.5. The smallest absolute Gasteiger partial charge is 0.269 e. The van der Waals surface area contributed by atoms with E-state index in [0.717, 1.165) is 16.9 Å². The number of carbonyl (C=O) groups excluding carboxylic acids is 1. The average molecular weight is 397 g/mol. The van der Waals surface area contributed by atoms with Crippen LogP contribution in [0, 0.1) is 0 Å². The van der Waals surface area contributed by atoms with Crippen LogP contribution in [0.5, 0.6) is 23.0 Å². The number of benzene rings is 2. The van der Waals surface area contributed by atoms with Gasteiger partial charge in [-0.3, -0.25) is 9.89 Å². The molecule has 0 spiro atoms. The molecule has 1 aromatic heterocycles. The molecule has 1 amide bonds. The maximum Gasteiger partial charge on any atom is 0.269 e. The van der Waals surface area contributed by atoms with Crippen LogP contribution in [0.25, 0.3) is 11.3 Å². The minimum atomic E-state index is -0.277. The first kappa shape index (κ1) is 20.1. The molecule has 0 aliphatic carbocycles. The second-order valence-corrected chi connectivity index (χ2v) is 6.12. The summed E-state index contributed by atoms with van der Waals surface area (Å²) in [6.45, 7) is 0.281. The summed E-state index contributed by atoms with van der Waals surface area (Å²) >= 11 is 0. The van der Waals surface area contributed by atoms with Crippen molar-refractivity contribution in [1.29, 1.82) is 0 Å². The van der Waals surface area contributed by atoms with Crippen LogP contribution in [0.15, 0.2) is 42.5 Å². The van der Waals surface area contributed by atoms with Crippen molar-refractivity contribution < 1.29 is 23.7 Å². The van der Waals surface area contributed by atoms with Gasteiger partial charge < -0.3 is 24.3 Å². The summed E-state index contributed by atoms with van der Waals surface area (Å²) in [6, 6.07) is 12.7. The van der Waals surface area contributed by atoms with E-state index in [2.05, 4.69) is 15.5 Å². The van der Waals surface area contributed by atoms with Gasteiger partial charge in [-0.15, -0.1) is 0 Å². The topological polar surface area (TPSA) is 94.7 Å². The van der Waals surface area contributed by atoms with Gasteiger partial charge in [0.1, 0.15) is 11.4 Å². The van der Waals surface area contributed by atoms with Crippen LogP contribution < -0.4 is 24.3 Å². The van der Waals surface area contributed by atoms with Gasteiger partial charge in [0.05, 0.1) is 34.1 Å². The number of aromatic amines is 1. The number of nitrogens with one attached hydrogen (secondary N) is 2. The Hall–Kier alpha value is -3.68. The number of ether oxygens (including phenoxy) is 4. The van der Waals surface area contributed by atoms with Gasteiger partial charge in [-0.1, -0.05) is 12.1 Å². The molecule has 8 heteroatoms. The lowest BCUT2D eigenvalue weighted by Crippen LogP contribution is -2.23. The van der Waals surface area contributed by atoms with E-state index < -0.39 is 0 Å². The molecule has 0 aliphatic rings. The Morgan fingerprint density at radius 3 is 2.31 bits per heavy atom. The molecule has 0 saturated heterocycles. The minimum Gasteiger partial charge on any atom is -0.497 e. The number of nitrogens with zero attached hydrogens (tertiary/aromatic N) is 1. The maximum atomic E-state index is 12.5. The largest absolute Gasteiger partial charge is 0.497 e. The lowest BCUT2D eigenvalue weighted by Gasteiger charge is -2.14. The molecule has 152 valence electrons. The molecule has 0 bridgehead atoms. The third-order valence-electron chi connectivity index (χ3n) is 4.37. The highest BCUT2D eigenvalue weighted by Gasteiger charge is 2.15. The normalized spacial score (nSPS) is 10.3. The number of methoxy groups -OCH3 is 4. The summed E-state index contributed by atoms with van der Waals surface area (Å²) in [5.74, 6) is 2.00. The Morgan fingerprint density at radius 1 is 0.966 bits per heavy atom. The zero-order valence-corrected chi connectivity index (χ0v) is 16.7. The van der Waals surface area contributed by atoms with Gasteiger partial charge in [0.25, 0.3) is 5.91 Å². The molecule has 0 atom stereocenters. The zero-order chi connectivity index (χ0) is 20.8. The Balaban J connectivity index is 1.72. The highest BCUT2D eigenvalue weighted by molar-refractivity contribution is 5.93. The fraction of sp³-hybridized carbons (Fsp3) is 0.238. The van der Waals surface area contributed by atoms with Crippen molar-refractivity contribution in [2.75, 3.05) is 28.4 Å². The number of aromatic nitrogens is 2. The summed E-state index contributed by atoms with van der Waals surface area (Å²) in [6.07, 6.45) is 0. The van der Waals surface area contributed by atoms with Gasteiger partial charge in [-0.2, -0.15) is 5.10 Å². The number of hydrogen-bond donors (Lipinski definition) is 2. The molecule has 1 heterocycles. The van der Waals surface area contributed by atoms with Crippen LogP contribution >= 0.6 is 0 Å². The molecule has 0 aliphatic heterocycles. The SMILES string of the molecule is COc1cccc(-c2cc(C(=O)NCc3cc(OC)c(OC)c(OC)c3)[nH]n2)c1. The molecule has 0 radical (unpaired) electrons. The Kier molecular flexibility index (Phi) is 6.23. The second-order valence-electron chi connectivity index (χ2n) is 6.12. The fourth-order valence-electron chi connectivity index (χ4n) is 2.88. The first-order valence-electron chi connectivity index (χ1n) is 8.86. The van der Waals surface area contributed by atoms with Crippen LogP contribution in [0.4, 0.5) is 0 Å². The molecule has 3 aromatic rings. The second kappa shape index (κ2) is 9.01. The van der Waals surface area contributed by atoms with E-state index in [-0.39, 0.29) is 12.5 Å². The molecular formula is C21H23N3O5. The van der Waals surface area contributed by atoms with Gasteiger partial charge in [0, 0.05) is 12.1 Å². The van der Waals surface area contributed by atoms with Crippen molar-refractivity contribution in [3.63, 3.8) is 0 Å². The molecule has 2 N–H and O–H groups in total. The lowest BCUT2D eigenvalue weighted by atomic mass is 10.1. The molecule has 29 heavy (non-hydrogen) atoms. The summed E-state index contributed by atoms with van der Waals surface area (Å²) in [5.41, 5.74) is 2.67. The molecule has 3 rings (SSSR count). The summed E-state index contributed by atoms with van der Waals surface area (Å²) < 4.78 is 21.2. The minimum absolute atomic E-state index is 0.277. The average Bonchev–Trinajstić information content (AvgIpc) is 3.27. The molecule has 0 fully saturated rings. The van der Waals surface area contributed by atoms with Gasteiger partial charge in [-0.25, -0.2) is 0 Å². The summed E-state index contributed by atoms with van der Waals surface area (Å²) in [7, 11) is 6.24. The van der Waals surface area contributed by atoms with Gasteiger partial charge in [0.2, 0.25) is 5.75 Å². The molecular weight excluding hydrogens is 374 g/mol. The third-order valence-corrected chi connectivity index (χ3v) is 4.37. The van der Waals surface area contributed by atoms with E-state index in [1.165, 1.54) is 0 Å². The van der Waals surface area contributed by atoms with Crippen molar-refractivity contribution in [3.05, 3.63) is 53.7 Å². The Morgan fingerprint density at radius 2 is 1.69 bits per heavy atom. The van der Waals surface area contributed by atoms with Crippen molar-refractivity contribution in [2.24, 2.45) is 0 Å². The van der Waals surface area contributed by atoms with Gasteiger partial charge in [-0.05, 0) is 35.9 Å². The van der Waals surface area contributed by atoms with Gasteiger partial charge in [0.15, 0.2) is 11.5 Å². The number of rotatable bonds is 8. The molecule has 8 nitrogen and oxygen atoms in total. The van der Waals surface area contributed by atoms with Crippen LogP contribution in [0.3, 0.4) is 0 Å². The predicted octanol–water partition coefficient (Wildman–Crippen LogP) is 3.04. The zero-order valence-electron chi connectivity index (χ0n) is 16.7.